The highest BCUT2D eigenvalue weighted by molar-refractivity contribution is 6.12. The summed E-state index contributed by atoms with van der Waals surface area (Å²) in [5.74, 6) is 0.691. The zero-order valence-corrected chi connectivity index (χ0v) is 30.0. The summed E-state index contributed by atoms with van der Waals surface area (Å²) < 4.78 is 6.29. The average Bonchev–Trinajstić information content (AvgIpc) is 3.72. The Hall–Kier alpha value is -6.84. The SMILES string of the molecule is CC1(C)c2cc(-c3ccc(-c4nc(-c5ccccc5)cc(-c5cccc6oc7ccccc7c56)n4)c4ccccc34)ccc2-c2ccc3ccccc3c21. The van der Waals surface area contributed by atoms with Gasteiger partial charge >= 0.3 is 0 Å². The van der Waals surface area contributed by atoms with Crippen molar-refractivity contribution in [1.29, 1.82) is 0 Å². The van der Waals surface area contributed by atoms with Gasteiger partial charge in [0.2, 0.25) is 0 Å². The van der Waals surface area contributed by atoms with Crippen molar-refractivity contribution in [3.05, 3.63) is 181 Å². The second-order valence-electron chi connectivity index (χ2n) is 14.9. The van der Waals surface area contributed by atoms with E-state index in [1.54, 1.807) is 0 Å². The molecule has 2 heterocycles. The van der Waals surface area contributed by atoms with Gasteiger partial charge in [-0.2, -0.15) is 0 Å². The maximum atomic E-state index is 6.29. The van der Waals surface area contributed by atoms with Crippen LogP contribution in [0.5, 0.6) is 0 Å². The van der Waals surface area contributed by atoms with E-state index >= 15 is 0 Å². The highest BCUT2D eigenvalue weighted by Gasteiger charge is 2.37. The zero-order chi connectivity index (χ0) is 36.0. The fourth-order valence-electron chi connectivity index (χ4n) is 8.96. The third-order valence-electron chi connectivity index (χ3n) is 11.5. The van der Waals surface area contributed by atoms with Gasteiger partial charge in [-0.25, -0.2) is 9.97 Å². The molecule has 0 saturated carbocycles. The van der Waals surface area contributed by atoms with E-state index in [2.05, 4.69) is 153 Å². The van der Waals surface area contributed by atoms with E-state index in [9.17, 15) is 0 Å². The fraction of sp³-hybridized carbons (Fsp3) is 0.0588. The van der Waals surface area contributed by atoms with Crippen LogP contribution in [0, 0.1) is 0 Å². The van der Waals surface area contributed by atoms with Gasteiger partial charge in [-0.05, 0) is 85.3 Å². The molecule has 0 amide bonds. The van der Waals surface area contributed by atoms with Gasteiger partial charge in [-0.3, -0.25) is 0 Å². The summed E-state index contributed by atoms with van der Waals surface area (Å²) in [5.41, 5.74) is 14.2. The molecule has 3 heteroatoms. The Morgan fingerprint density at radius 1 is 0.426 bits per heavy atom. The van der Waals surface area contributed by atoms with Crippen LogP contribution in [0.3, 0.4) is 0 Å². The lowest BCUT2D eigenvalue weighted by Gasteiger charge is -2.24. The van der Waals surface area contributed by atoms with Crippen molar-refractivity contribution in [2.45, 2.75) is 19.3 Å². The van der Waals surface area contributed by atoms with Gasteiger partial charge in [0.15, 0.2) is 5.82 Å². The number of nitrogens with zero attached hydrogens (tertiary/aromatic N) is 2. The predicted molar refractivity (Wildman–Crippen MR) is 224 cm³/mol. The van der Waals surface area contributed by atoms with Crippen molar-refractivity contribution in [2.24, 2.45) is 0 Å². The van der Waals surface area contributed by atoms with E-state index in [1.165, 1.54) is 49.5 Å². The molecular formula is C51H34N2O. The summed E-state index contributed by atoms with van der Waals surface area (Å²) in [6.07, 6.45) is 0. The Labute approximate surface area is 313 Å². The van der Waals surface area contributed by atoms with Crippen LogP contribution in [0.15, 0.2) is 174 Å². The van der Waals surface area contributed by atoms with Crippen molar-refractivity contribution in [2.75, 3.05) is 0 Å². The van der Waals surface area contributed by atoms with Gasteiger partial charge < -0.3 is 4.42 Å². The van der Waals surface area contributed by atoms with Crippen molar-refractivity contribution < 1.29 is 4.42 Å². The number of hydrogen-bond donors (Lipinski definition) is 0. The Morgan fingerprint density at radius 2 is 1.07 bits per heavy atom. The quantitative estimate of drug-likeness (QED) is 0.184. The second-order valence-corrected chi connectivity index (χ2v) is 14.9. The maximum Gasteiger partial charge on any atom is 0.161 e. The van der Waals surface area contributed by atoms with Gasteiger partial charge in [0.25, 0.3) is 0 Å². The topological polar surface area (TPSA) is 38.9 Å². The summed E-state index contributed by atoms with van der Waals surface area (Å²) in [4.78, 5) is 10.6. The number of benzene rings is 8. The van der Waals surface area contributed by atoms with Crippen molar-refractivity contribution in [3.63, 3.8) is 0 Å². The Balaban J connectivity index is 1.09. The lowest BCUT2D eigenvalue weighted by Crippen LogP contribution is -2.15. The van der Waals surface area contributed by atoms with Crippen molar-refractivity contribution in [3.8, 4) is 56.2 Å². The molecule has 0 atom stereocenters. The number of fused-ring (bicyclic) bond motifs is 9. The summed E-state index contributed by atoms with van der Waals surface area (Å²) in [6.45, 7) is 4.74. The van der Waals surface area contributed by atoms with Crippen LogP contribution >= 0.6 is 0 Å². The lowest BCUT2D eigenvalue weighted by molar-refractivity contribution is 0.666. The van der Waals surface area contributed by atoms with Crippen LogP contribution in [0.25, 0.3) is 99.6 Å². The van der Waals surface area contributed by atoms with E-state index in [1.807, 2.05) is 30.3 Å². The molecule has 1 aliphatic carbocycles. The van der Waals surface area contributed by atoms with Gasteiger partial charge in [-0.15, -0.1) is 0 Å². The number of rotatable bonds is 4. The lowest BCUT2D eigenvalue weighted by atomic mass is 9.79. The van der Waals surface area contributed by atoms with E-state index in [0.717, 1.165) is 55.4 Å². The number of hydrogen-bond acceptors (Lipinski definition) is 3. The van der Waals surface area contributed by atoms with Crippen LogP contribution in [0.4, 0.5) is 0 Å². The molecule has 8 aromatic carbocycles. The molecule has 0 spiro atoms. The fourth-order valence-corrected chi connectivity index (χ4v) is 8.96. The molecule has 54 heavy (non-hydrogen) atoms. The van der Waals surface area contributed by atoms with E-state index < -0.39 is 0 Å². The summed E-state index contributed by atoms with van der Waals surface area (Å²) in [6, 6.07) is 60.5. The van der Waals surface area contributed by atoms with Crippen LogP contribution in [0.1, 0.15) is 25.0 Å². The van der Waals surface area contributed by atoms with Crippen LogP contribution < -0.4 is 0 Å². The molecule has 0 fully saturated rings. The molecule has 0 aliphatic heterocycles. The molecule has 10 aromatic rings. The monoisotopic (exact) mass is 690 g/mol. The second kappa shape index (κ2) is 11.6. The molecule has 0 bridgehead atoms. The number of furan rings is 1. The Kier molecular flexibility index (Phi) is 6.60. The number of aromatic nitrogens is 2. The molecule has 0 N–H and O–H groups in total. The largest absolute Gasteiger partial charge is 0.456 e. The van der Waals surface area contributed by atoms with E-state index in [-0.39, 0.29) is 5.41 Å². The van der Waals surface area contributed by atoms with E-state index in [0.29, 0.717) is 5.82 Å². The Morgan fingerprint density at radius 3 is 1.93 bits per heavy atom. The van der Waals surface area contributed by atoms with Crippen LogP contribution in [-0.2, 0) is 5.41 Å². The molecule has 0 unspecified atom stereocenters. The first-order chi connectivity index (χ1) is 26.5. The third kappa shape index (κ3) is 4.55. The molecule has 2 aromatic heterocycles. The molecular weight excluding hydrogens is 657 g/mol. The summed E-state index contributed by atoms with van der Waals surface area (Å²) >= 11 is 0. The van der Waals surface area contributed by atoms with Crippen molar-refractivity contribution in [1.82, 2.24) is 9.97 Å². The minimum atomic E-state index is -0.136. The molecule has 11 rings (SSSR count). The normalized spacial score (nSPS) is 13.1. The first-order valence-corrected chi connectivity index (χ1v) is 18.6. The molecule has 0 saturated heterocycles. The first-order valence-electron chi connectivity index (χ1n) is 18.6. The van der Waals surface area contributed by atoms with Gasteiger partial charge in [0.1, 0.15) is 11.2 Å². The first kappa shape index (κ1) is 30.8. The highest BCUT2D eigenvalue weighted by atomic mass is 16.3. The van der Waals surface area contributed by atoms with Crippen LogP contribution in [0.2, 0.25) is 0 Å². The standard InChI is InChI=1S/C51H34N2O/c1-51(2)43-29-33(24-25-38(43)39-26-23-31-13-6-7-16-35(31)49(39)51)34-27-28-40(37-18-9-8-17-36(34)37)50-52-44(32-14-4-3-5-15-32)30-45(53-50)41-20-12-22-47-48(41)42-19-10-11-21-46(42)54-47/h3-30H,1-2H3. The van der Waals surface area contributed by atoms with Crippen LogP contribution in [-0.4, -0.2) is 9.97 Å². The third-order valence-corrected chi connectivity index (χ3v) is 11.5. The van der Waals surface area contributed by atoms with E-state index in [4.69, 9.17) is 14.4 Å². The molecule has 1 aliphatic rings. The number of para-hydroxylation sites is 1. The van der Waals surface area contributed by atoms with Gasteiger partial charge in [0.05, 0.1) is 11.4 Å². The summed E-state index contributed by atoms with van der Waals surface area (Å²) in [7, 11) is 0. The average molecular weight is 691 g/mol. The zero-order valence-electron chi connectivity index (χ0n) is 30.0. The van der Waals surface area contributed by atoms with Crippen molar-refractivity contribution >= 4 is 43.5 Å². The predicted octanol–water partition coefficient (Wildman–Crippen LogP) is 13.7. The minimum Gasteiger partial charge on any atom is -0.456 e. The van der Waals surface area contributed by atoms with Gasteiger partial charge in [-0.1, -0.05) is 153 Å². The van der Waals surface area contributed by atoms with Gasteiger partial charge in [0, 0.05) is 32.9 Å². The smallest absolute Gasteiger partial charge is 0.161 e. The molecule has 254 valence electrons. The minimum absolute atomic E-state index is 0.136. The molecule has 3 nitrogen and oxygen atoms in total. The summed E-state index contributed by atoms with van der Waals surface area (Å²) in [5, 5.41) is 7.05. The molecule has 0 radical (unpaired) electrons. The highest BCUT2D eigenvalue weighted by Crippen LogP contribution is 2.52. The maximum absolute atomic E-state index is 6.29. The Bertz CT molecular complexity index is 3130.